The standard InChI is InChI=1S/C22H23F3N4O3/c23-15-2-1-3-17(12-15)27-20(30)14-28-8-10-29(11-9-28)21(31)6-7-26-22(32)18-5-4-16(24)13-19(18)25/h1-5,12-13H,6-11,14H2,(H,26,32)(H,27,30). The van der Waals surface area contributed by atoms with Crippen molar-refractivity contribution in [3.8, 4) is 0 Å². The molecule has 1 fully saturated rings. The molecule has 1 heterocycles. The molecule has 170 valence electrons. The van der Waals surface area contributed by atoms with Crippen LogP contribution in [0.3, 0.4) is 0 Å². The zero-order valence-corrected chi connectivity index (χ0v) is 17.2. The molecule has 0 aliphatic carbocycles. The molecule has 0 bridgehead atoms. The van der Waals surface area contributed by atoms with E-state index in [1.54, 1.807) is 11.0 Å². The average molecular weight is 448 g/mol. The van der Waals surface area contributed by atoms with E-state index in [2.05, 4.69) is 10.6 Å². The van der Waals surface area contributed by atoms with Gasteiger partial charge >= 0.3 is 0 Å². The molecular formula is C22H23F3N4O3. The summed E-state index contributed by atoms with van der Waals surface area (Å²) in [6, 6.07) is 8.29. The van der Waals surface area contributed by atoms with E-state index in [4.69, 9.17) is 0 Å². The van der Waals surface area contributed by atoms with Crippen molar-refractivity contribution < 1.29 is 27.6 Å². The fourth-order valence-corrected chi connectivity index (χ4v) is 3.34. The van der Waals surface area contributed by atoms with E-state index in [0.29, 0.717) is 37.9 Å². The maximum Gasteiger partial charge on any atom is 0.254 e. The van der Waals surface area contributed by atoms with Crippen molar-refractivity contribution in [2.45, 2.75) is 6.42 Å². The van der Waals surface area contributed by atoms with Gasteiger partial charge in [0, 0.05) is 50.9 Å². The Morgan fingerprint density at radius 2 is 1.62 bits per heavy atom. The summed E-state index contributed by atoms with van der Waals surface area (Å²) in [5.41, 5.74) is 0.0929. The van der Waals surface area contributed by atoms with Gasteiger partial charge in [-0.25, -0.2) is 13.2 Å². The van der Waals surface area contributed by atoms with E-state index >= 15 is 0 Å². The van der Waals surface area contributed by atoms with E-state index in [1.165, 1.54) is 18.2 Å². The molecule has 0 spiro atoms. The topological polar surface area (TPSA) is 81.8 Å². The quantitative estimate of drug-likeness (QED) is 0.679. The van der Waals surface area contributed by atoms with Crippen LogP contribution in [0.1, 0.15) is 16.8 Å². The van der Waals surface area contributed by atoms with Crippen LogP contribution in [0.2, 0.25) is 0 Å². The van der Waals surface area contributed by atoms with Crippen molar-refractivity contribution in [3.05, 3.63) is 65.5 Å². The summed E-state index contributed by atoms with van der Waals surface area (Å²) in [6.07, 6.45) is 0.0363. The fourth-order valence-electron chi connectivity index (χ4n) is 3.34. The highest BCUT2D eigenvalue weighted by Gasteiger charge is 2.22. The average Bonchev–Trinajstić information content (AvgIpc) is 2.74. The highest BCUT2D eigenvalue weighted by Crippen LogP contribution is 2.11. The lowest BCUT2D eigenvalue weighted by Crippen LogP contribution is -2.50. The van der Waals surface area contributed by atoms with Crippen LogP contribution in [0.15, 0.2) is 42.5 Å². The lowest BCUT2D eigenvalue weighted by Gasteiger charge is -2.34. The molecule has 32 heavy (non-hydrogen) atoms. The predicted octanol–water partition coefficient (Wildman–Crippen LogP) is 2.01. The van der Waals surface area contributed by atoms with Crippen LogP contribution in [0.5, 0.6) is 0 Å². The van der Waals surface area contributed by atoms with Gasteiger partial charge in [0.25, 0.3) is 5.91 Å². The van der Waals surface area contributed by atoms with Crippen molar-refractivity contribution in [3.63, 3.8) is 0 Å². The molecule has 1 saturated heterocycles. The molecular weight excluding hydrogens is 425 g/mol. The third-order valence-corrected chi connectivity index (χ3v) is 5.00. The molecule has 1 aliphatic heterocycles. The predicted molar refractivity (Wildman–Crippen MR) is 111 cm³/mol. The van der Waals surface area contributed by atoms with E-state index < -0.39 is 23.4 Å². The molecule has 1 aliphatic rings. The third kappa shape index (κ3) is 6.55. The number of nitrogens with one attached hydrogen (secondary N) is 2. The number of amides is 3. The van der Waals surface area contributed by atoms with Crippen LogP contribution in [-0.4, -0.2) is 66.8 Å². The van der Waals surface area contributed by atoms with Crippen molar-refractivity contribution in [1.29, 1.82) is 0 Å². The Balaban J connectivity index is 1.36. The first kappa shape index (κ1) is 23.3. The number of carbonyl (C=O) groups is 3. The van der Waals surface area contributed by atoms with Gasteiger partial charge in [-0.2, -0.15) is 0 Å². The summed E-state index contributed by atoms with van der Waals surface area (Å²) < 4.78 is 39.7. The second kappa shape index (κ2) is 10.8. The minimum absolute atomic E-state index is 0.0186. The largest absolute Gasteiger partial charge is 0.351 e. The lowest BCUT2D eigenvalue weighted by atomic mass is 10.2. The molecule has 2 aromatic carbocycles. The molecule has 0 atom stereocenters. The van der Waals surface area contributed by atoms with Crippen molar-refractivity contribution >= 4 is 23.4 Å². The van der Waals surface area contributed by atoms with Gasteiger partial charge in [-0.3, -0.25) is 19.3 Å². The number of hydrogen-bond acceptors (Lipinski definition) is 4. The number of benzene rings is 2. The molecule has 2 aromatic rings. The molecule has 0 radical (unpaired) electrons. The van der Waals surface area contributed by atoms with Crippen LogP contribution in [-0.2, 0) is 9.59 Å². The van der Waals surface area contributed by atoms with Gasteiger partial charge in [0.05, 0.1) is 12.1 Å². The van der Waals surface area contributed by atoms with E-state index in [1.807, 2.05) is 4.90 Å². The summed E-state index contributed by atoms with van der Waals surface area (Å²) >= 11 is 0. The second-order valence-corrected chi connectivity index (χ2v) is 7.35. The zero-order valence-electron chi connectivity index (χ0n) is 17.2. The number of halogens is 3. The molecule has 0 saturated carbocycles. The van der Waals surface area contributed by atoms with Crippen LogP contribution in [0.25, 0.3) is 0 Å². The number of anilines is 1. The molecule has 7 nitrogen and oxygen atoms in total. The number of piperazine rings is 1. The third-order valence-electron chi connectivity index (χ3n) is 5.00. The highest BCUT2D eigenvalue weighted by atomic mass is 19.1. The molecule has 3 rings (SSSR count). The molecule has 0 unspecified atom stereocenters. The fraction of sp³-hybridized carbons (Fsp3) is 0.318. The minimum Gasteiger partial charge on any atom is -0.351 e. The van der Waals surface area contributed by atoms with Crippen LogP contribution in [0.4, 0.5) is 18.9 Å². The lowest BCUT2D eigenvalue weighted by molar-refractivity contribution is -0.132. The van der Waals surface area contributed by atoms with Crippen LogP contribution >= 0.6 is 0 Å². The Morgan fingerprint density at radius 1 is 0.906 bits per heavy atom. The zero-order chi connectivity index (χ0) is 23.1. The summed E-state index contributed by atoms with van der Waals surface area (Å²) in [6.45, 7) is 1.98. The van der Waals surface area contributed by atoms with E-state index in [9.17, 15) is 27.6 Å². The number of carbonyl (C=O) groups excluding carboxylic acids is 3. The maximum absolute atomic E-state index is 13.6. The minimum atomic E-state index is -0.966. The highest BCUT2D eigenvalue weighted by molar-refractivity contribution is 5.94. The van der Waals surface area contributed by atoms with E-state index in [-0.39, 0.29) is 36.9 Å². The molecule has 10 heteroatoms. The molecule has 0 aromatic heterocycles. The summed E-state index contributed by atoms with van der Waals surface area (Å²) in [7, 11) is 0. The first-order valence-electron chi connectivity index (χ1n) is 10.1. The van der Waals surface area contributed by atoms with Gasteiger partial charge in [0.15, 0.2) is 0 Å². The van der Waals surface area contributed by atoms with Gasteiger partial charge in [0.2, 0.25) is 11.8 Å². The van der Waals surface area contributed by atoms with Crippen molar-refractivity contribution in [1.82, 2.24) is 15.1 Å². The number of rotatable bonds is 7. The Kier molecular flexibility index (Phi) is 7.82. The number of nitrogens with zero attached hydrogens (tertiary/aromatic N) is 2. The van der Waals surface area contributed by atoms with Gasteiger partial charge < -0.3 is 15.5 Å². The van der Waals surface area contributed by atoms with E-state index in [0.717, 1.165) is 12.1 Å². The first-order chi connectivity index (χ1) is 15.3. The van der Waals surface area contributed by atoms with Crippen LogP contribution < -0.4 is 10.6 Å². The van der Waals surface area contributed by atoms with Gasteiger partial charge in [-0.15, -0.1) is 0 Å². The monoisotopic (exact) mass is 448 g/mol. The van der Waals surface area contributed by atoms with Gasteiger partial charge in [-0.1, -0.05) is 6.07 Å². The van der Waals surface area contributed by atoms with Gasteiger partial charge in [-0.05, 0) is 30.3 Å². The van der Waals surface area contributed by atoms with Gasteiger partial charge in [0.1, 0.15) is 17.5 Å². The van der Waals surface area contributed by atoms with Crippen LogP contribution in [0, 0.1) is 17.5 Å². The Labute approximate surface area is 183 Å². The summed E-state index contributed by atoms with van der Waals surface area (Å²) in [5.74, 6) is -3.34. The SMILES string of the molecule is O=C(CN1CCN(C(=O)CCNC(=O)c2ccc(F)cc2F)CC1)Nc1cccc(F)c1. The second-order valence-electron chi connectivity index (χ2n) is 7.35. The maximum atomic E-state index is 13.6. The Hall–Kier alpha value is -3.40. The Morgan fingerprint density at radius 3 is 2.31 bits per heavy atom. The number of hydrogen-bond donors (Lipinski definition) is 2. The summed E-state index contributed by atoms with van der Waals surface area (Å²) in [5, 5.41) is 5.09. The molecule has 3 amide bonds. The Bertz CT molecular complexity index is 994. The first-order valence-corrected chi connectivity index (χ1v) is 10.1. The smallest absolute Gasteiger partial charge is 0.254 e. The molecule has 2 N–H and O–H groups in total. The normalized spacial score (nSPS) is 14.2. The van der Waals surface area contributed by atoms with Crippen molar-refractivity contribution in [2.75, 3.05) is 44.6 Å². The summed E-state index contributed by atoms with van der Waals surface area (Å²) in [4.78, 5) is 40.0. The van der Waals surface area contributed by atoms with Crippen molar-refractivity contribution in [2.24, 2.45) is 0 Å².